The van der Waals surface area contributed by atoms with Crippen molar-refractivity contribution in [3.05, 3.63) is 67.0 Å². The first-order valence-corrected chi connectivity index (χ1v) is 4.23. The molecule has 0 fully saturated rings. The molecule has 0 bridgehead atoms. The van der Waals surface area contributed by atoms with E-state index in [0.29, 0.717) is 5.56 Å². The monoisotopic (exact) mass is 169 g/mol. The number of benzene rings is 2. The molecule has 0 aliphatic rings. The van der Waals surface area contributed by atoms with Crippen molar-refractivity contribution in [2.24, 2.45) is 0 Å². The van der Waals surface area contributed by atoms with Crippen LogP contribution in [0.25, 0.3) is 11.1 Å². The molecule has 0 saturated carbocycles. The SMILES string of the molecule is [2H][C+]([2H])c1ccc(-c2ccccc2)cc1. The lowest BCUT2D eigenvalue weighted by atomic mass is 10.0. The van der Waals surface area contributed by atoms with Crippen LogP contribution in [0.5, 0.6) is 0 Å². The van der Waals surface area contributed by atoms with E-state index in [9.17, 15) is 0 Å². The van der Waals surface area contributed by atoms with Crippen LogP contribution in [0.3, 0.4) is 0 Å². The van der Waals surface area contributed by atoms with Gasteiger partial charge in [-0.1, -0.05) is 30.3 Å². The molecule has 0 aromatic heterocycles. The molecule has 0 heterocycles. The fraction of sp³-hybridized carbons (Fsp3) is 0. The van der Waals surface area contributed by atoms with Crippen molar-refractivity contribution in [1.29, 1.82) is 0 Å². The lowest BCUT2D eigenvalue weighted by molar-refractivity contribution is 1.58. The molecule has 0 aliphatic heterocycles. The highest BCUT2D eigenvalue weighted by Crippen LogP contribution is 2.18. The molecule has 62 valence electrons. The molecule has 0 heteroatoms. The summed E-state index contributed by atoms with van der Waals surface area (Å²) in [4.78, 5) is 0. The van der Waals surface area contributed by atoms with Crippen molar-refractivity contribution in [2.45, 2.75) is 0 Å². The van der Waals surface area contributed by atoms with Crippen LogP contribution in [-0.2, 0) is 0 Å². The lowest BCUT2D eigenvalue weighted by Gasteiger charge is -1.97. The van der Waals surface area contributed by atoms with Gasteiger partial charge in [-0.15, -0.1) is 0 Å². The van der Waals surface area contributed by atoms with E-state index in [1.165, 1.54) is 0 Å². The lowest BCUT2D eigenvalue weighted by Crippen LogP contribution is -1.76. The third-order valence-corrected chi connectivity index (χ3v) is 1.99. The summed E-state index contributed by atoms with van der Waals surface area (Å²) in [6, 6.07) is 17.5. The van der Waals surface area contributed by atoms with Crippen LogP contribution in [0.1, 0.15) is 8.30 Å². The zero-order valence-electron chi connectivity index (χ0n) is 9.20. The normalized spacial score (nSPS) is 11.7. The highest BCUT2D eigenvalue weighted by atomic mass is 14.0. The summed E-state index contributed by atoms with van der Waals surface area (Å²) >= 11 is 0. The smallest absolute Gasteiger partial charge is 0.0622 e. The highest BCUT2D eigenvalue weighted by molar-refractivity contribution is 5.63. The molecule has 0 spiro atoms. The average Bonchev–Trinajstić information content (AvgIpc) is 2.30. The van der Waals surface area contributed by atoms with Crippen LogP contribution in [0.4, 0.5) is 0 Å². The Hall–Kier alpha value is -1.69. The first-order valence-electron chi connectivity index (χ1n) is 5.23. The van der Waals surface area contributed by atoms with Gasteiger partial charge in [0.05, 0.1) is 0 Å². The Bertz CT molecular complexity index is 418. The Balaban J connectivity index is 2.32. The van der Waals surface area contributed by atoms with Crippen LogP contribution >= 0.6 is 0 Å². The second-order valence-corrected chi connectivity index (χ2v) is 2.94. The Labute approximate surface area is 81.7 Å². The Kier molecular flexibility index (Phi) is 1.52. The van der Waals surface area contributed by atoms with Gasteiger partial charge in [0, 0.05) is 36.7 Å². The van der Waals surface area contributed by atoms with Gasteiger partial charge in [-0.2, -0.15) is 0 Å². The van der Waals surface area contributed by atoms with E-state index in [4.69, 9.17) is 2.74 Å². The molecule has 0 aliphatic carbocycles. The Morgan fingerprint density at radius 1 is 0.769 bits per heavy atom. The van der Waals surface area contributed by atoms with Crippen molar-refractivity contribution in [3.8, 4) is 11.1 Å². The fourth-order valence-electron chi connectivity index (χ4n) is 1.29. The fourth-order valence-corrected chi connectivity index (χ4v) is 1.29. The van der Waals surface area contributed by atoms with E-state index < -0.39 is 0 Å². The first-order chi connectivity index (χ1) is 7.27. The number of hydrogen-bond donors (Lipinski definition) is 0. The second-order valence-electron chi connectivity index (χ2n) is 2.94. The van der Waals surface area contributed by atoms with E-state index in [1.54, 1.807) is 12.1 Å². The predicted molar refractivity (Wildman–Crippen MR) is 56.3 cm³/mol. The van der Waals surface area contributed by atoms with Gasteiger partial charge in [-0.3, -0.25) is 0 Å². The summed E-state index contributed by atoms with van der Waals surface area (Å²) in [6.07, 6.45) is 0. The zero-order chi connectivity index (χ0) is 10.7. The minimum Gasteiger partial charge on any atom is -0.0622 e. The maximum absolute atomic E-state index is 7.18. The summed E-state index contributed by atoms with van der Waals surface area (Å²) in [7, 11) is 0. The summed E-state index contributed by atoms with van der Waals surface area (Å²) in [5, 5.41) is 0. The third kappa shape index (κ3) is 1.73. The van der Waals surface area contributed by atoms with Gasteiger partial charge in [0.15, 0.2) is 0 Å². The molecular weight excluding hydrogens is 156 g/mol. The van der Waals surface area contributed by atoms with E-state index >= 15 is 0 Å². The number of hydrogen-bond acceptors (Lipinski definition) is 0. The molecule has 2 rings (SSSR count). The number of rotatable bonds is 2. The molecule has 0 atom stereocenters. The molecule has 0 saturated heterocycles. The molecule has 0 nitrogen and oxygen atoms in total. The van der Waals surface area contributed by atoms with Crippen LogP contribution in [0, 0.1) is 6.88 Å². The van der Waals surface area contributed by atoms with Gasteiger partial charge in [0.2, 0.25) is 0 Å². The van der Waals surface area contributed by atoms with Crippen molar-refractivity contribution in [1.82, 2.24) is 0 Å². The highest BCUT2D eigenvalue weighted by Gasteiger charge is 1.98. The standard InChI is InChI=1S/C13H11/c1-11-7-9-13(10-8-11)12-5-3-2-4-6-12/h2-10H,1H2/q+1/i1D2. The third-order valence-electron chi connectivity index (χ3n) is 1.99. The van der Waals surface area contributed by atoms with Gasteiger partial charge in [0.25, 0.3) is 0 Å². The molecule has 0 N–H and O–H groups in total. The molecular formula is C13H11+. The van der Waals surface area contributed by atoms with E-state index in [1.807, 2.05) is 42.5 Å². The van der Waals surface area contributed by atoms with Crippen LogP contribution < -0.4 is 0 Å². The van der Waals surface area contributed by atoms with Crippen molar-refractivity contribution in [2.75, 3.05) is 0 Å². The van der Waals surface area contributed by atoms with Gasteiger partial charge in [0.1, 0.15) is 8.30 Å². The van der Waals surface area contributed by atoms with Gasteiger partial charge in [-0.05, 0) is 5.56 Å². The average molecular weight is 169 g/mol. The van der Waals surface area contributed by atoms with Crippen molar-refractivity contribution >= 4 is 0 Å². The van der Waals surface area contributed by atoms with Gasteiger partial charge < -0.3 is 0 Å². The summed E-state index contributed by atoms with van der Waals surface area (Å²) in [5.74, 6) is 0. The zero-order valence-corrected chi connectivity index (χ0v) is 7.20. The van der Waals surface area contributed by atoms with Gasteiger partial charge >= 0.3 is 0 Å². The summed E-state index contributed by atoms with van der Waals surface area (Å²) < 4.78 is 14.4. The quantitative estimate of drug-likeness (QED) is 0.603. The molecule has 13 heavy (non-hydrogen) atoms. The van der Waals surface area contributed by atoms with Gasteiger partial charge in [-0.25, -0.2) is 0 Å². The predicted octanol–water partition coefficient (Wildman–Crippen LogP) is 3.54. The van der Waals surface area contributed by atoms with Crippen molar-refractivity contribution in [3.63, 3.8) is 0 Å². The molecule has 0 radical (unpaired) electrons. The van der Waals surface area contributed by atoms with Crippen LogP contribution in [-0.4, -0.2) is 0 Å². The maximum atomic E-state index is 7.18. The topological polar surface area (TPSA) is 0 Å². The van der Waals surface area contributed by atoms with Crippen LogP contribution in [0.2, 0.25) is 0 Å². The maximum Gasteiger partial charge on any atom is 0.145 e. The Morgan fingerprint density at radius 2 is 1.38 bits per heavy atom. The molecule has 0 unspecified atom stereocenters. The van der Waals surface area contributed by atoms with E-state index in [0.717, 1.165) is 11.1 Å². The largest absolute Gasteiger partial charge is 0.145 e. The summed E-state index contributed by atoms with van der Waals surface area (Å²) in [5.41, 5.74) is 2.91. The Morgan fingerprint density at radius 3 is 2.00 bits per heavy atom. The minimum absolute atomic E-state index is 0.144. The van der Waals surface area contributed by atoms with Crippen LogP contribution in [0.15, 0.2) is 54.6 Å². The molecule has 0 amide bonds. The molecule has 2 aromatic carbocycles. The second kappa shape index (κ2) is 3.36. The first kappa shape index (κ1) is 5.87. The minimum atomic E-state index is -0.144. The van der Waals surface area contributed by atoms with Crippen molar-refractivity contribution < 1.29 is 2.74 Å². The summed E-state index contributed by atoms with van der Waals surface area (Å²) in [6.45, 7) is -0.144. The van der Waals surface area contributed by atoms with E-state index in [-0.39, 0.29) is 6.88 Å². The molecule has 2 aromatic rings. The van der Waals surface area contributed by atoms with E-state index in [2.05, 4.69) is 0 Å².